The van der Waals surface area contributed by atoms with E-state index in [9.17, 15) is 20.0 Å². The summed E-state index contributed by atoms with van der Waals surface area (Å²) in [5, 5.41) is 18.9. The van der Waals surface area contributed by atoms with Gasteiger partial charge in [-0.05, 0) is 39.2 Å². The number of ether oxygens (including phenoxy) is 1. The first-order valence-electron chi connectivity index (χ1n) is 7.77. The number of hydrogen-bond donors (Lipinski definition) is 1. The maximum atomic E-state index is 12.5. The number of allylic oxidation sites excluding steroid dienone is 1. The zero-order valence-electron chi connectivity index (χ0n) is 13.7. The smallest absolute Gasteiger partial charge is 0.343 e. The summed E-state index contributed by atoms with van der Waals surface area (Å²) in [6, 6.07) is 3.51. The van der Waals surface area contributed by atoms with Crippen molar-refractivity contribution in [1.82, 2.24) is 4.57 Å². The van der Waals surface area contributed by atoms with Gasteiger partial charge in [-0.1, -0.05) is 0 Å². The fourth-order valence-electron chi connectivity index (χ4n) is 2.58. The Labute approximate surface area is 139 Å². The Morgan fingerprint density at radius 2 is 2.29 bits per heavy atom. The Morgan fingerprint density at radius 1 is 1.54 bits per heavy atom. The second-order valence-corrected chi connectivity index (χ2v) is 5.39. The first-order valence-corrected chi connectivity index (χ1v) is 7.77. The van der Waals surface area contributed by atoms with Crippen LogP contribution in [0.2, 0.25) is 0 Å². The molecule has 0 bridgehead atoms. The highest BCUT2D eigenvalue weighted by molar-refractivity contribution is 6.10. The summed E-state index contributed by atoms with van der Waals surface area (Å²) in [4.78, 5) is 28.3. The van der Waals surface area contributed by atoms with E-state index in [0.29, 0.717) is 18.5 Å². The van der Waals surface area contributed by atoms with Gasteiger partial charge < -0.3 is 14.4 Å². The van der Waals surface area contributed by atoms with Crippen LogP contribution in [-0.4, -0.2) is 28.5 Å². The van der Waals surface area contributed by atoms with E-state index < -0.39 is 5.97 Å². The number of pyridine rings is 1. The van der Waals surface area contributed by atoms with Gasteiger partial charge in [0.25, 0.3) is 5.56 Å². The molecule has 2 rings (SSSR count). The van der Waals surface area contributed by atoms with Crippen molar-refractivity contribution in [2.45, 2.75) is 39.7 Å². The summed E-state index contributed by atoms with van der Waals surface area (Å²) >= 11 is 0. The first-order chi connectivity index (χ1) is 11.5. The molecule has 126 valence electrons. The van der Waals surface area contributed by atoms with Crippen LogP contribution >= 0.6 is 0 Å². The van der Waals surface area contributed by atoms with E-state index in [2.05, 4.69) is 11.1 Å². The minimum absolute atomic E-state index is 0.0558. The molecule has 0 unspecified atom stereocenters. The first kappa shape index (κ1) is 17.5. The van der Waals surface area contributed by atoms with E-state index in [1.54, 1.807) is 11.5 Å². The molecule has 1 aromatic heterocycles. The zero-order chi connectivity index (χ0) is 17.7. The van der Waals surface area contributed by atoms with E-state index in [1.807, 2.05) is 0 Å². The van der Waals surface area contributed by atoms with Crippen LogP contribution in [0.1, 0.15) is 37.9 Å². The van der Waals surface area contributed by atoms with Gasteiger partial charge in [-0.2, -0.15) is 5.26 Å². The van der Waals surface area contributed by atoms with E-state index in [-0.39, 0.29) is 29.2 Å². The van der Waals surface area contributed by atoms with Crippen LogP contribution in [0.15, 0.2) is 27.2 Å². The molecule has 0 saturated carbocycles. The van der Waals surface area contributed by atoms with Crippen molar-refractivity contribution in [2.24, 2.45) is 4.99 Å². The van der Waals surface area contributed by atoms with Gasteiger partial charge in [0.2, 0.25) is 0 Å². The predicted molar refractivity (Wildman–Crippen MR) is 88.5 cm³/mol. The van der Waals surface area contributed by atoms with Gasteiger partial charge in [0.15, 0.2) is 0 Å². The largest absolute Gasteiger partial charge is 0.512 e. The third-order valence-electron chi connectivity index (χ3n) is 3.77. The van der Waals surface area contributed by atoms with Crippen LogP contribution in [0.25, 0.3) is 0 Å². The lowest BCUT2D eigenvalue weighted by molar-refractivity contribution is -0.138. The molecule has 1 aliphatic rings. The number of carbonyl (C=O) groups is 1. The number of fused-ring (bicyclic) bond motifs is 1. The number of nitrogens with zero attached hydrogens (tertiary/aromatic N) is 3. The van der Waals surface area contributed by atoms with Crippen LogP contribution in [0.5, 0.6) is 0 Å². The molecule has 0 spiro atoms. The molecule has 0 aliphatic carbocycles. The minimum Gasteiger partial charge on any atom is -0.512 e. The molecule has 1 aliphatic heterocycles. The maximum absolute atomic E-state index is 12.5. The predicted octanol–water partition coefficient (Wildman–Crippen LogP) is 2.15. The molecule has 0 amide bonds. The molecule has 0 saturated heterocycles. The Hall–Kier alpha value is -2.88. The average molecular weight is 329 g/mol. The lowest BCUT2D eigenvalue weighted by atomic mass is 10.0. The average Bonchev–Trinajstić information content (AvgIpc) is 2.57. The highest BCUT2D eigenvalue weighted by Crippen LogP contribution is 2.20. The van der Waals surface area contributed by atoms with Gasteiger partial charge in [-0.3, -0.25) is 4.79 Å². The summed E-state index contributed by atoms with van der Waals surface area (Å²) in [6.45, 7) is 3.68. The van der Waals surface area contributed by atoms with Gasteiger partial charge in [-0.15, -0.1) is 0 Å². The lowest BCUT2D eigenvalue weighted by Gasteiger charge is -2.19. The molecule has 1 aromatic rings. The second kappa shape index (κ2) is 7.59. The second-order valence-electron chi connectivity index (χ2n) is 5.39. The van der Waals surface area contributed by atoms with Crippen molar-refractivity contribution < 1.29 is 14.6 Å². The molecular weight excluding hydrogens is 310 g/mol. The maximum Gasteiger partial charge on any atom is 0.343 e. The van der Waals surface area contributed by atoms with E-state index in [1.165, 1.54) is 13.0 Å². The molecule has 0 aromatic carbocycles. The number of esters is 1. The zero-order valence-corrected chi connectivity index (χ0v) is 13.7. The van der Waals surface area contributed by atoms with Crippen LogP contribution in [0.3, 0.4) is 0 Å². The van der Waals surface area contributed by atoms with Crippen molar-refractivity contribution in [1.29, 1.82) is 5.26 Å². The molecule has 24 heavy (non-hydrogen) atoms. The minimum atomic E-state index is -0.722. The van der Waals surface area contributed by atoms with Crippen molar-refractivity contribution in [2.75, 3.05) is 6.61 Å². The Bertz CT molecular complexity index is 808. The molecule has 0 radical (unpaired) electrons. The SMILES string of the molecule is CCOC(=O)/C(C=Nc1cc(C#N)c2n(c1=O)CCCC2)=C(/C)O. The van der Waals surface area contributed by atoms with Crippen molar-refractivity contribution in [3.8, 4) is 6.07 Å². The fraction of sp³-hybridized carbons (Fsp3) is 0.412. The number of aliphatic hydroxyl groups is 1. The van der Waals surface area contributed by atoms with Gasteiger partial charge in [-0.25, -0.2) is 9.79 Å². The molecule has 0 atom stereocenters. The van der Waals surface area contributed by atoms with Crippen molar-refractivity contribution in [3.63, 3.8) is 0 Å². The Balaban J connectivity index is 2.46. The number of nitriles is 1. The highest BCUT2D eigenvalue weighted by atomic mass is 16.5. The van der Waals surface area contributed by atoms with Crippen molar-refractivity contribution in [3.05, 3.63) is 39.0 Å². The number of carbonyl (C=O) groups excluding carboxylic acids is 1. The number of aliphatic imine (C=N–C) groups is 1. The summed E-state index contributed by atoms with van der Waals surface area (Å²) in [5.74, 6) is -0.976. The normalized spacial score (nSPS) is 14.7. The number of aromatic nitrogens is 1. The van der Waals surface area contributed by atoms with Gasteiger partial charge >= 0.3 is 5.97 Å². The van der Waals surface area contributed by atoms with E-state index in [4.69, 9.17) is 4.74 Å². The van der Waals surface area contributed by atoms with E-state index in [0.717, 1.165) is 24.8 Å². The third-order valence-corrected chi connectivity index (χ3v) is 3.77. The summed E-state index contributed by atoms with van der Waals surface area (Å²) < 4.78 is 6.40. The molecule has 1 N–H and O–H groups in total. The summed E-state index contributed by atoms with van der Waals surface area (Å²) in [5.41, 5.74) is 0.757. The summed E-state index contributed by atoms with van der Waals surface area (Å²) in [7, 11) is 0. The van der Waals surface area contributed by atoms with E-state index >= 15 is 0 Å². The molecule has 7 nitrogen and oxygen atoms in total. The van der Waals surface area contributed by atoms with Crippen LogP contribution in [-0.2, 0) is 22.5 Å². The van der Waals surface area contributed by atoms with Gasteiger partial charge in [0.05, 0.1) is 12.2 Å². The van der Waals surface area contributed by atoms with Crippen LogP contribution in [0.4, 0.5) is 5.69 Å². The molecule has 2 heterocycles. The van der Waals surface area contributed by atoms with Crippen LogP contribution < -0.4 is 5.56 Å². The number of hydrogen-bond acceptors (Lipinski definition) is 6. The third kappa shape index (κ3) is 3.54. The summed E-state index contributed by atoms with van der Waals surface area (Å²) in [6.07, 6.45) is 3.59. The Morgan fingerprint density at radius 3 is 2.92 bits per heavy atom. The lowest BCUT2D eigenvalue weighted by Crippen LogP contribution is -2.27. The van der Waals surface area contributed by atoms with Gasteiger partial charge in [0.1, 0.15) is 23.1 Å². The topological polar surface area (TPSA) is 105 Å². The van der Waals surface area contributed by atoms with Crippen LogP contribution in [0, 0.1) is 11.3 Å². The van der Waals surface area contributed by atoms with Gasteiger partial charge in [0, 0.05) is 18.5 Å². The molecule has 0 fully saturated rings. The standard InChI is InChI=1S/C17H19N3O4/c1-3-24-17(23)13(11(2)21)10-19-14-8-12(9-18)15-6-4-5-7-20(15)16(14)22/h8,10,21H,3-7H2,1-2H3/b13-11-,19-10?. The Kier molecular flexibility index (Phi) is 5.53. The fourth-order valence-corrected chi connectivity index (χ4v) is 2.58. The quantitative estimate of drug-likeness (QED) is 0.394. The molecule has 7 heteroatoms. The number of aliphatic hydroxyl groups excluding tert-OH is 1. The highest BCUT2D eigenvalue weighted by Gasteiger charge is 2.18. The monoisotopic (exact) mass is 329 g/mol. The molecular formula is C17H19N3O4. The number of rotatable bonds is 4. The van der Waals surface area contributed by atoms with Crippen molar-refractivity contribution >= 4 is 17.9 Å².